The van der Waals surface area contributed by atoms with Gasteiger partial charge in [-0.1, -0.05) is 13.8 Å². The highest BCUT2D eigenvalue weighted by Crippen LogP contribution is 2.46. The van der Waals surface area contributed by atoms with Gasteiger partial charge in [-0.3, -0.25) is 4.99 Å². The summed E-state index contributed by atoms with van der Waals surface area (Å²) < 4.78 is 0. The lowest BCUT2D eigenvalue weighted by atomic mass is 9.65. The first kappa shape index (κ1) is 16.6. The van der Waals surface area contributed by atoms with E-state index in [4.69, 9.17) is 0 Å². The lowest BCUT2D eigenvalue weighted by Crippen LogP contribution is -2.72. The molecule has 122 valence electrons. The maximum Gasteiger partial charge on any atom is 0.194 e. The third kappa shape index (κ3) is 3.53. The largest absolute Gasteiger partial charge is 0.356 e. The molecule has 0 aliphatic carbocycles. The highest BCUT2D eigenvalue weighted by atomic mass is 15.4. The van der Waals surface area contributed by atoms with Crippen LogP contribution in [0.2, 0.25) is 0 Å². The van der Waals surface area contributed by atoms with Gasteiger partial charge in [-0.15, -0.1) is 0 Å². The fourth-order valence-electron chi connectivity index (χ4n) is 3.36. The molecule has 4 heteroatoms. The molecule has 0 aromatic carbocycles. The Hall–Kier alpha value is -0.770. The number of aliphatic imine (C=N–C) groups is 1. The van der Waals surface area contributed by atoms with E-state index in [2.05, 4.69) is 47.8 Å². The smallest absolute Gasteiger partial charge is 0.194 e. The summed E-state index contributed by atoms with van der Waals surface area (Å²) in [6, 6.07) is 0. The normalized spacial score (nSPS) is 25.0. The topological polar surface area (TPSA) is 30.9 Å². The second kappa shape index (κ2) is 6.55. The Bertz CT molecular complexity index is 367. The summed E-state index contributed by atoms with van der Waals surface area (Å²) in [7, 11) is 1.90. The van der Waals surface area contributed by atoms with Crippen molar-refractivity contribution in [3.05, 3.63) is 0 Å². The number of hydrogen-bond donors (Lipinski definition) is 1. The molecule has 2 heterocycles. The van der Waals surface area contributed by atoms with E-state index in [0.717, 1.165) is 19.0 Å². The fraction of sp³-hybridized carbons (Fsp3) is 0.941. The summed E-state index contributed by atoms with van der Waals surface area (Å²) >= 11 is 0. The molecule has 2 aliphatic heterocycles. The van der Waals surface area contributed by atoms with Crippen LogP contribution in [0.4, 0.5) is 0 Å². The summed E-state index contributed by atoms with van der Waals surface area (Å²) in [4.78, 5) is 9.47. The summed E-state index contributed by atoms with van der Waals surface area (Å²) in [6.07, 6.45) is 5.31. The predicted octanol–water partition coefficient (Wildman–Crippen LogP) is 2.56. The van der Waals surface area contributed by atoms with Crippen LogP contribution in [0.15, 0.2) is 4.99 Å². The van der Waals surface area contributed by atoms with Crippen molar-refractivity contribution in [2.24, 2.45) is 10.4 Å². The third-order valence-electron chi connectivity index (χ3n) is 5.73. The first-order chi connectivity index (χ1) is 9.88. The average molecular weight is 294 g/mol. The van der Waals surface area contributed by atoms with Gasteiger partial charge in [-0.05, 0) is 59.2 Å². The maximum absolute atomic E-state index is 4.47. The van der Waals surface area contributed by atoms with E-state index in [1.165, 1.54) is 45.3 Å². The second-order valence-corrected chi connectivity index (χ2v) is 7.76. The zero-order valence-corrected chi connectivity index (χ0v) is 14.7. The molecule has 4 nitrogen and oxygen atoms in total. The number of guanidine groups is 1. The number of nitrogens with one attached hydrogen (secondary N) is 1. The van der Waals surface area contributed by atoms with Crippen molar-refractivity contribution in [2.75, 3.05) is 39.8 Å². The third-order valence-corrected chi connectivity index (χ3v) is 5.73. The van der Waals surface area contributed by atoms with Gasteiger partial charge in [0.2, 0.25) is 0 Å². The van der Waals surface area contributed by atoms with Crippen LogP contribution in [-0.2, 0) is 0 Å². The van der Waals surface area contributed by atoms with Crippen LogP contribution in [0.1, 0.15) is 53.4 Å². The molecule has 0 radical (unpaired) electrons. The first-order valence-electron chi connectivity index (χ1n) is 8.59. The van der Waals surface area contributed by atoms with Crippen molar-refractivity contribution in [3.8, 4) is 0 Å². The molecule has 0 spiro atoms. The predicted molar refractivity (Wildman–Crippen MR) is 90.8 cm³/mol. The molecule has 0 atom stereocenters. The molecule has 0 unspecified atom stereocenters. The number of unbranched alkanes of at least 4 members (excludes halogenated alkanes) is 1. The molecular weight excluding hydrogens is 260 g/mol. The Morgan fingerprint density at radius 2 is 1.76 bits per heavy atom. The van der Waals surface area contributed by atoms with E-state index in [1.807, 2.05) is 7.05 Å². The van der Waals surface area contributed by atoms with Crippen LogP contribution in [0.25, 0.3) is 0 Å². The average Bonchev–Trinajstić information content (AvgIpc) is 2.94. The van der Waals surface area contributed by atoms with E-state index < -0.39 is 0 Å². The van der Waals surface area contributed by atoms with E-state index >= 15 is 0 Å². The van der Waals surface area contributed by atoms with Crippen LogP contribution in [-0.4, -0.2) is 61.1 Å². The first-order valence-corrected chi connectivity index (χ1v) is 8.59. The minimum atomic E-state index is 0.185. The zero-order valence-electron chi connectivity index (χ0n) is 14.7. The molecule has 21 heavy (non-hydrogen) atoms. The van der Waals surface area contributed by atoms with Crippen LogP contribution in [0.3, 0.4) is 0 Å². The highest BCUT2D eigenvalue weighted by molar-refractivity contribution is 5.81. The van der Waals surface area contributed by atoms with Crippen molar-refractivity contribution in [1.29, 1.82) is 0 Å². The molecule has 2 aliphatic rings. The van der Waals surface area contributed by atoms with Crippen LogP contribution >= 0.6 is 0 Å². The molecular formula is C17H34N4. The zero-order chi connectivity index (χ0) is 15.5. The quantitative estimate of drug-likeness (QED) is 0.480. The Balaban J connectivity index is 1.67. The lowest BCUT2D eigenvalue weighted by molar-refractivity contribution is -0.0667. The molecule has 1 N–H and O–H groups in total. The van der Waals surface area contributed by atoms with E-state index in [9.17, 15) is 0 Å². The summed E-state index contributed by atoms with van der Waals surface area (Å²) in [5, 5.41) is 3.55. The summed E-state index contributed by atoms with van der Waals surface area (Å²) in [5.41, 5.74) is 0.546. The molecule has 0 bridgehead atoms. The van der Waals surface area contributed by atoms with Crippen molar-refractivity contribution < 1.29 is 0 Å². The molecule has 0 aromatic heterocycles. The van der Waals surface area contributed by atoms with Crippen LogP contribution < -0.4 is 5.32 Å². The summed E-state index contributed by atoms with van der Waals surface area (Å²) in [5.74, 6) is 1.07. The number of nitrogens with zero attached hydrogens (tertiary/aromatic N) is 3. The Kier molecular flexibility index (Phi) is 5.18. The number of hydrogen-bond acceptors (Lipinski definition) is 2. The molecule has 0 aromatic rings. The number of likely N-dealkylation sites (tertiary alicyclic amines) is 2. The van der Waals surface area contributed by atoms with Gasteiger partial charge < -0.3 is 15.1 Å². The van der Waals surface area contributed by atoms with Crippen LogP contribution in [0, 0.1) is 5.41 Å². The molecule has 2 rings (SSSR count). The van der Waals surface area contributed by atoms with Crippen LogP contribution in [0.5, 0.6) is 0 Å². The molecule has 2 saturated heterocycles. The fourth-order valence-corrected chi connectivity index (χ4v) is 3.36. The van der Waals surface area contributed by atoms with Gasteiger partial charge in [0.15, 0.2) is 5.96 Å². The molecule has 0 saturated carbocycles. The van der Waals surface area contributed by atoms with Crippen molar-refractivity contribution in [1.82, 2.24) is 15.1 Å². The van der Waals surface area contributed by atoms with Gasteiger partial charge in [0.25, 0.3) is 0 Å². The van der Waals surface area contributed by atoms with E-state index in [0.29, 0.717) is 5.41 Å². The van der Waals surface area contributed by atoms with Crippen molar-refractivity contribution >= 4 is 5.96 Å². The Labute approximate surface area is 131 Å². The van der Waals surface area contributed by atoms with Gasteiger partial charge in [0.1, 0.15) is 0 Å². The van der Waals surface area contributed by atoms with Crippen molar-refractivity contribution in [3.63, 3.8) is 0 Å². The monoisotopic (exact) mass is 294 g/mol. The lowest BCUT2D eigenvalue weighted by Gasteiger charge is -2.62. The van der Waals surface area contributed by atoms with Gasteiger partial charge in [0, 0.05) is 31.1 Å². The Morgan fingerprint density at radius 3 is 2.29 bits per heavy atom. The standard InChI is InChI=1S/C17H34N4/c1-16(2)14-21(17(16,3)4)15(18-5)19-10-6-7-11-20-12-8-9-13-20/h6-14H2,1-5H3,(H,18,19). The van der Waals surface area contributed by atoms with E-state index in [-0.39, 0.29) is 5.54 Å². The van der Waals surface area contributed by atoms with Gasteiger partial charge in [-0.2, -0.15) is 0 Å². The minimum absolute atomic E-state index is 0.185. The highest BCUT2D eigenvalue weighted by Gasteiger charge is 2.53. The van der Waals surface area contributed by atoms with Crippen molar-refractivity contribution in [2.45, 2.75) is 58.9 Å². The maximum atomic E-state index is 4.47. The van der Waals surface area contributed by atoms with Gasteiger partial charge in [0.05, 0.1) is 0 Å². The van der Waals surface area contributed by atoms with Gasteiger partial charge in [-0.25, -0.2) is 0 Å². The second-order valence-electron chi connectivity index (χ2n) is 7.76. The van der Waals surface area contributed by atoms with Gasteiger partial charge >= 0.3 is 0 Å². The molecule has 2 fully saturated rings. The minimum Gasteiger partial charge on any atom is -0.356 e. The summed E-state index contributed by atoms with van der Waals surface area (Å²) in [6.45, 7) is 15.3. The Morgan fingerprint density at radius 1 is 1.10 bits per heavy atom. The molecule has 0 amide bonds. The number of rotatable bonds is 5. The SMILES string of the molecule is CN=C(NCCCCN1CCCC1)N1CC(C)(C)C1(C)C. The van der Waals surface area contributed by atoms with E-state index in [1.54, 1.807) is 0 Å².